The monoisotopic (exact) mass is 634 g/mol. The largest absolute Gasteiger partial charge is 0.504 e. The second-order valence-electron chi connectivity index (χ2n) is 10.5. The van der Waals surface area contributed by atoms with E-state index >= 15 is 0 Å². The lowest BCUT2D eigenvalue weighted by atomic mass is 9.64. The molecule has 0 saturated carbocycles. The molecule has 1 aliphatic heterocycles. The number of aliphatic carboxylic acids is 3. The van der Waals surface area contributed by atoms with E-state index in [-0.39, 0.29) is 11.3 Å². The standard InChI is InChI=1S/C29H30O16/c30-9-18-22(33)23(34)24(35)29(45-18)44-13-4-1-11(2-5-13)10-43-28(42)15-8-14(25(36)37)19(12-3-6-16(31)17(32)7-12)21(27(40)41)20(15)26(38)39/h1-8,15,18-24,29-35H,9-10H2,(H,36,37)(H,38,39)(H,40,41)/t15-,18+,19+,20+,21-,22+,23-,24+,29+/m0/s1. The smallest absolute Gasteiger partial charge is 0.331 e. The van der Waals surface area contributed by atoms with Crippen molar-refractivity contribution in [2.45, 2.75) is 43.2 Å². The summed E-state index contributed by atoms with van der Waals surface area (Å²) < 4.78 is 16.0. The van der Waals surface area contributed by atoms with Crippen LogP contribution in [0.5, 0.6) is 17.2 Å². The second-order valence-corrected chi connectivity index (χ2v) is 10.5. The highest BCUT2D eigenvalue weighted by Gasteiger charge is 2.53. The molecule has 1 fully saturated rings. The first kappa shape index (κ1) is 33.2. The Labute approximate surface area is 253 Å². The highest BCUT2D eigenvalue weighted by atomic mass is 16.7. The normalized spacial score (nSPS) is 29.7. The van der Waals surface area contributed by atoms with Crippen molar-refractivity contribution in [2.75, 3.05) is 6.61 Å². The van der Waals surface area contributed by atoms with Crippen molar-refractivity contribution >= 4 is 23.9 Å². The van der Waals surface area contributed by atoms with Crippen molar-refractivity contribution in [3.63, 3.8) is 0 Å². The highest BCUT2D eigenvalue weighted by Crippen LogP contribution is 2.46. The van der Waals surface area contributed by atoms with Crippen molar-refractivity contribution in [2.24, 2.45) is 17.8 Å². The summed E-state index contributed by atoms with van der Waals surface area (Å²) in [6.07, 6.45) is -6.72. The van der Waals surface area contributed by atoms with E-state index in [2.05, 4.69) is 0 Å². The van der Waals surface area contributed by atoms with E-state index in [0.29, 0.717) is 5.56 Å². The third kappa shape index (κ3) is 6.84. The summed E-state index contributed by atoms with van der Waals surface area (Å²) in [5, 5.41) is 88.7. The molecule has 16 heteroatoms. The van der Waals surface area contributed by atoms with Crippen LogP contribution < -0.4 is 4.74 Å². The predicted octanol–water partition coefficient (Wildman–Crippen LogP) is -0.854. The van der Waals surface area contributed by atoms with Crippen molar-refractivity contribution in [3.8, 4) is 17.2 Å². The topological polar surface area (TPSA) is 278 Å². The van der Waals surface area contributed by atoms with E-state index in [9.17, 15) is 65.1 Å². The molecule has 1 heterocycles. The quantitative estimate of drug-likeness (QED) is 0.114. The number of carbonyl (C=O) groups excluding carboxylic acids is 1. The molecule has 4 rings (SSSR count). The van der Waals surface area contributed by atoms with E-state index in [1.165, 1.54) is 24.3 Å². The van der Waals surface area contributed by atoms with Crippen molar-refractivity contribution in [1.82, 2.24) is 0 Å². The molecule has 1 aliphatic carbocycles. The van der Waals surface area contributed by atoms with E-state index in [4.69, 9.17) is 14.2 Å². The number of hydrogen-bond donors (Lipinski definition) is 9. The fraction of sp³-hybridized carbons (Fsp3) is 0.379. The van der Waals surface area contributed by atoms with E-state index in [0.717, 1.165) is 24.3 Å². The summed E-state index contributed by atoms with van der Waals surface area (Å²) in [6, 6.07) is 8.59. The summed E-state index contributed by atoms with van der Waals surface area (Å²) in [5.41, 5.74) is -0.404. The Morgan fingerprint density at radius 2 is 1.44 bits per heavy atom. The van der Waals surface area contributed by atoms with Crippen molar-refractivity contribution < 1.29 is 79.3 Å². The molecule has 9 atom stereocenters. The van der Waals surface area contributed by atoms with Gasteiger partial charge in [-0.25, -0.2) is 4.79 Å². The Hall–Kier alpha value is -4.74. The van der Waals surface area contributed by atoms with Gasteiger partial charge in [-0.15, -0.1) is 0 Å². The first-order chi connectivity index (χ1) is 21.2. The summed E-state index contributed by atoms with van der Waals surface area (Å²) in [7, 11) is 0. The molecule has 0 aromatic heterocycles. The number of aromatic hydroxyl groups is 2. The lowest BCUT2D eigenvalue weighted by Crippen LogP contribution is -2.60. The third-order valence-corrected chi connectivity index (χ3v) is 7.68. The number of carboxylic acid groups (broad SMARTS) is 3. The molecule has 2 aromatic carbocycles. The molecular weight excluding hydrogens is 604 g/mol. The highest BCUT2D eigenvalue weighted by molar-refractivity contribution is 5.96. The number of aliphatic hydroxyl groups excluding tert-OH is 4. The Morgan fingerprint density at radius 1 is 0.800 bits per heavy atom. The Kier molecular flexibility index (Phi) is 9.94. The third-order valence-electron chi connectivity index (χ3n) is 7.68. The zero-order valence-electron chi connectivity index (χ0n) is 23.1. The number of rotatable bonds is 10. The minimum Gasteiger partial charge on any atom is -0.504 e. The lowest BCUT2D eigenvalue weighted by Gasteiger charge is -2.39. The van der Waals surface area contributed by atoms with Crippen molar-refractivity contribution in [3.05, 3.63) is 65.2 Å². The average Bonchev–Trinajstić information content (AvgIpc) is 3.00. The number of phenolic OH excluding ortho intramolecular Hbond substituents is 2. The fourth-order valence-electron chi connectivity index (χ4n) is 5.38. The summed E-state index contributed by atoms with van der Waals surface area (Å²) in [5.74, 6) is -14.9. The molecule has 0 unspecified atom stereocenters. The molecule has 16 nitrogen and oxygen atoms in total. The SMILES string of the molecule is O=C(O)C1=C[C@H](C(=O)OCc2ccc(O[C@@H]3O[C@H](CO)[C@@H](O)[C@H](O)[C@H]3O)cc2)[C@@H](C(=O)O)[C@@H](C(=O)O)[C@@H]1c1ccc(O)c(O)c1. The maximum absolute atomic E-state index is 13.1. The van der Waals surface area contributed by atoms with E-state index in [1.807, 2.05) is 0 Å². The molecule has 9 N–H and O–H groups in total. The van der Waals surface area contributed by atoms with Gasteiger partial charge in [-0.3, -0.25) is 14.4 Å². The van der Waals surface area contributed by atoms with Gasteiger partial charge >= 0.3 is 23.9 Å². The van der Waals surface area contributed by atoms with Crippen LogP contribution in [0.25, 0.3) is 0 Å². The number of phenols is 2. The summed E-state index contributed by atoms with van der Waals surface area (Å²) in [6.45, 7) is -1.11. The van der Waals surface area contributed by atoms with Crippen LogP contribution in [0.4, 0.5) is 0 Å². The first-order valence-electron chi connectivity index (χ1n) is 13.4. The Balaban J connectivity index is 1.53. The molecule has 0 spiro atoms. The van der Waals surface area contributed by atoms with Gasteiger partial charge in [0.2, 0.25) is 6.29 Å². The van der Waals surface area contributed by atoms with Crippen LogP contribution in [-0.4, -0.2) is 107 Å². The van der Waals surface area contributed by atoms with Gasteiger partial charge in [0.25, 0.3) is 0 Å². The van der Waals surface area contributed by atoms with Crippen LogP contribution in [0.2, 0.25) is 0 Å². The minimum absolute atomic E-state index is 0.109. The van der Waals surface area contributed by atoms with Gasteiger partial charge in [0.05, 0.1) is 24.4 Å². The van der Waals surface area contributed by atoms with Gasteiger partial charge in [0, 0.05) is 11.5 Å². The number of benzene rings is 2. The predicted molar refractivity (Wildman–Crippen MR) is 145 cm³/mol. The number of esters is 1. The molecule has 2 aromatic rings. The number of ether oxygens (including phenoxy) is 3. The zero-order valence-corrected chi connectivity index (χ0v) is 23.1. The van der Waals surface area contributed by atoms with Crippen LogP contribution in [0.1, 0.15) is 17.0 Å². The molecule has 0 radical (unpaired) electrons. The van der Waals surface area contributed by atoms with E-state index < -0.39 is 109 Å². The van der Waals surface area contributed by atoms with Gasteiger partial charge in [-0.1, -0.05) is 24.3 Å². The number of hydrogen-bond acceptors (Lipinski definition) is 13. The molecule has 1 saturated heterocycles. The van der Waals surface area contributed by atoms with Crippen molar-refractivity contribution in [1.29, 1.82) is 0 Å². The number of aliphatic hydroxyl groups is 4. The molecule has 2 aliphatic rings. The van der Waals surface area contributed by atoms with Crippen LogP contribution in [0.15, 0.2) is 54.1 Å². The first-order valence-corrected chi connectivity index (χ1v) is 13.4. The average molecular weight is 635 g/mol. The maximum atomic E-state index is 13.1. The van der Waals surface area contributed by atoms with Gasteiger partial charge in [0.15, 0.2) is 11.5 Å². The molecule has 0 bridgehead atoms. The van der Waals surface area contributed by atoms with Crippen LogP contribution >= 0.6 is 0 Å². The van der Waals surface area contributed by atoms with Crippen LogP contribution in [-0.2, 0) is 35.3 Å². The summed E-state index contributed by atoms with van der Waals surface area (Å²) >= 11 is 0. The number of carbonyl (C=O) groups is 4. The van der Waals surface area contributed by atoms with Gasteiger partial charge in [-0.2, -0.15) is 0 Å². The fourth-order valence-corrected chi connectivity index (χ4v) is 5.38. The van der Waals surface area contributed by atoms with E-state index in [1.54, 1.807) is 0 Å². The van der Waals surface area contributed by atoms with Gasteiger partial charge in [-0.05, 0) is 35.4 Å². The molecule has 45 heavy (non-hydrogen) atoms. The molecular formula is C29H30O16. The number of carboxylic acids is 3. The second kappa shape index (κ2) is 13.5. The Morgan fingerprint density at radius 3 is 2.00 bits per heavy atom. The Bertz CT molecular complexity index is 1470. The van der Waals surface area contributed by atoms with Crippen LogP contribution in [0.3, 0.4) is 0 Å². The minimum atomic E-state index is -1.99. The maximum Gasteiger partial charge on any atom is 0.331 e. The molecule has 0 amide bonds. The lowest BCUT2D eigenvalue weighted by molar-refractivity contribution is -0.277. The van der Waals surface area contributed by atoms with Gasteiger partial charge < -0.3 is 60.2 Å². The summed E-state index contributed by atoms with van der Waals surface area (Å²) in [4.78, 5) is 50.0. The van der Waals surface area contributed by atoms with Crippen LogP contribution in [0, 0.1) is 17.8 Å². The zero-order chi connectivity index (χ0) is 33.2. The molecule has 242 valence electrons. The van der Waals surface area contributed by atoms with Gasteiger partial charge in [0.1, 0.15) is 36.8 Å².